The number of H-pyrrole nitrogens is 1. The van der Waals surface area contributed by atoms with Gasteiger partial charge in [0.05, 0.1) is 24.1 Å². The summed E-state index contributed by atoms with van der Waals surface area (Å²) in [5.74, 6) is 1.45. The van der Waals surface area contributed by atoms with Crippen LogP contribution in [-0.2, 0) is 11.3 Å². The van der Waals surface area contributed by atoms with E-state index < -0.39 is 0 Å². The highest BCUT2D eigenvalue weighted by atomic mass is 16.2. The van der Waals surface area contributed by atoms with Crippen molar-refractivity contribution < 1.29 is 4.79 Å². The number of carbonyl (C=O) groups is 1. The summed E-state index contributed by atoms with van der Waals surface area (Å²) >= 11 is 0. The van der Waals surface area contributed by atoms with Crippen LogP contribution in [0, 0.1) is 0 Å². The number of aromatic nitrogens is 6. The van der Waals surface area contributed by atoms with Crippen LogP contribution in [0.15, 0.2) is 71.8 Å². The summed E-state index contributed by atoms with van der Waals surface area (Å²) in [6.45, 7) is 7.88. The minimum atomic E-state index is -0.213. The van der Waals surface area contributed by atoms with Crippen molar-refractivity contribution in [2.45, 2.75) is 52.0 Å². The zero-order chi connectivity index (χ0) is 27.8. The summed E-state index contributed by atoms with van der Waals surface area (Å²) < 4.78 is 3.55. The van der Waals surface area contributed by atoms with Crippen LogP contribution in [0.5, 0.6) is 0 Å². The van der Waals surface area contributed by atoms with Crippen molar-refractivity contribution >= 4 is 17.1 Å². The van der Waals surface area contributed by atoms with E-state index in [1.807, 2.05) is 58.2 Å². The average Bonchev–Trinajstić information content (AvgIpc) is 3.58. The summed E-state index contributed by atoms with van der Waals surface area (Å²) in [5, 5.41) is 4.83. The first-order valence-corrected chi connectivity index (χ1v) is 13.8. The molecule has 0 radical (unpaired) electrons. The summed E-state index contributed by atoms with van der Waals surface area (Å²) in [7, 11) is 0. The lowest BCUT2D eigenvalue weighted by molar-refractivity contribution is -0.129. The first-order chi connectivity index (χ1) is 19.4. The van der Waals surface area contributed by atoms with Crippen molar-refractivity contribution in [3.8, 4) is 17.1 Å². The second kappa shape index (κ2) is 10.6. The number of imidazole rings is 1. The van der Waals surface area contributed by atoms with Crippen LogP contribution in [0.4, 0.5) is 0 Å². The van der Waals surface area contributed by atoms with Gasteiger partial charge in [0.1, 0.15) is 5.52 Å². The van der Waals surface area contributed by atoms with Crippen molar-refractivity contribution in [2.24, 2.45) is 0 Å². The van der Waals surface area contributed by atoms with Crippen molar-refractivity contribution in [2.75, 3.05) is 13.1 Å². The predicted octanol–water partition coefficient (Wildman–Crippen LogP) is 4.87. The van der Waals surface area contributed by atoms with Gasteiger partial charge >= 0.3 is 5.69 Å². The lowest BCUT2D eigenvalue weighted by Crippen LogP contribution is -2.36. The summed E-state index contributed by atoms with van der Waals surface area (Å²) in [5.41, 5.74) is 6.14. The van der Waals surface area contributed by atoms with Gasteiger partial charge in [-0.25, -0.2) is 19.4 Å². The first kappa shape index (κ1) is 25.7. The molecule has 1 N–H and O–H groups in total. The quantitative estimate of drug-likeness (QED) is 0.334. The van der Waals surface area contributed by atoms with Gasteiger partial charge in [-0.15, -0.1) is 0 Å². The average molecular weight is 536 g/mol. The molecule has 0 bridgehead atoms. The molecular weight excluding hydrogens is 502 g/mol. The Bertz CT molecular complexity index is 1720. The van der Waals surface area contributed by atoms with E-state index in [1.165, 1.54) is 5.56 Å². The van der Waals surface area contributed by atoms with E-state index in [4.69, 9.17) is 10.1 Å². The molecule has 0 unspecified atom stereocenters. The van der Waals surface area contributed by atoms with Crippen LogP contribution >= 0.6 is 0 Å². The number of hydrogen-bond donors (Lipinski definition) is 1. The second-order valence-corrected chi connectivity index (χ2v) is 10.8. The van der Waals surface area contributed by atoms with Gasteiger partial charge < -0.3 is 9.88 Å². The van der Waals surface area contributed by atoms with Crippen LogP contribution in [-0.4, -0.2) is 53.2 Å². The third kappa shape index (κ3) is 4.95. The molecule has 5 aromatic rings. The van der Waals surface area contributed by atoms with Gasteiger partial charge in [0, 0.05) is 37.7 Å². The minimum absolute atomic E-state index is 0.142. The first-order valence-electron chi connectivity index (χ1n) is 13.8. The highest BCUT2D eigenvalue weighted by Gasteiger charge is 2.23. The molecule has 0 atom stereocenters. The fourth-order valence-electron chi connectivity index (χ4n) is 5.55. The van der Waals surface area contributed by atoms with E-state index in [1.54, 1.807) is 17.7 Å². The van der Waals surface area contributed by atoms with Crippen molar-refractivity contribution in [1.29, 1.82) is 0 Å². The zero-order valence-corrected chi connectivity index (χ0v) is 23.0. The number of nitrogens with zero attached hydrogens (tertiary/aromatic N) is 6. The van der Waals surface area contributed by atoms with Crippen LogP contribution in [0.3, 0.4) is 0 Å². The fraction of sp³-hybridized carbons (Fsp3) is 0.323. The molecule has 0 aliphatic carbocycles. The van der Waals surface area contributed by atoms with Crippen molar-refractivity contribution in [1.82, 2.24) is 34.2 Å². The lowest BCUT2D eigenvalue weighted by atomic mass is 9.94. The van der Waals surface area contributed by atoms with E-state index in [2.05, 4.69) is 35.9 Å². The van der Waals surface area contributed by atoms with Gasteiger partial charge in [0.15, 0.2) is 11.5 Å². The van der Waals surface area contributed by atoms with Crippen molar-refractivity contribution in [3.05, 3.63) is 94.3 Å². The van der Waals surface area contributed by atoms with Gasteiger partial charge in [0.25, 0.3) is 0 Å². The molecule has 6 rings (SSSR count). The van der Waals surface area contributed by atoms with E-state index in [-0.39, 0.29) is 11.6 Å². The van der Waals surface area contributed by atoms with Gasteiger partial charge in [0.2, 0.25) is 5.91 Å². The molecule has 1 saturated heterocycles. The Kier molecular flexibility index (Phi) is 6.79. The Hall–Kier alpha value is -4.53. The molecule has 0 saturated carbocycles. The normalized spacial score (nSPS) is 14.3. The number of hydrogen-bond acceptors (Lipinski definition) is 5. The number of piperidine rings is 1. The molecule has 9 heteroatoms. The molecule has 204 valence electrons. The van der Waals surface area contributed by atoms with Gasteiger partial charge in [-0.2, -0.15) is 5.10 Å². The SMILES string of the molecule is CC(=O)N1CCC(c2ccn(-c3ccc(Cn4c(=O)[nH]c5cnc(-c6ccccc6C(C)C)nc54)cc3)n2)CC1. The maximum atomic E-state index is 12.9. The molecule has 1 fully saturated rings. The topological polar surface area (TPSA) is 102 Å². The second-order valence-electron chi connectivity index (χ2n) is 10.8. The summed E-state index contributed by atoms with van der Waals surface area (Å²) in [4.78, 5) is 38.7. The van der Waals surface area contributed by atoms with E-state index in [0.717, 1.165) is 48.4 Å². The Morgan fingerprint density at radius 2 is 1.80 bits per heavy atom. The third-order valence-electron chi connectivity index (χ3n) is 7.84. The maximum absolute atomic E-state index is 12.9. The lowest BCUT2D eigenvalue weighted by Gasteiger charge is -2.30. The molecule has 9 nitrogen and oxygen atoms in total. The Morgan fingerprint density at radius 3 is 2.52 bits per heavy atom. The molecule has 2 aromatic carbocycles. The molecule has 1 amide bonds. The van der Waals surface area contributed by atoms with Gasteiger partial charge in [-0.05, 0) is 48.1 Å². The van der Waals surface area contributed by atoms with Crippen LogP contribution in [0.25, 0.3) is 28.2 Å². The van der Waals surface area contributed by atoms with E-state index >= 15 is 0 Å². The Labute approximate surface area is 232 Å². The molecule has 1 aliphatic heterocycles. The molecule has 0 spiro atoms. The Morgan fingerprint density at radius 1 is 1.05 bits per heavy atom. The molecule has 1 aliphatic rings. The van der Waals surface area contributed by atoms with Crippen LogP contribution in [0.2, 0.25) is 0 Å². The number of likely N-dealkylation sites (tertiary alicyclic amines) is 1. The summed E-state index contributed by atoms with van der Waals surface area (Å²) in [6.07, 6.45) is 5.54. The number of nitrogens with one attached hydrogen (secondary N) is 1. The number of aromatic amines is 1. The monoisotopic (exact) mass is 535 g/mol. The predicted molar refractivity (Wildman–Crippen MR) is 155 cm³/mol. The zero-order valence-electron chi connectivity index (χ0n) is 23.0. The standard InChI is InChI=1S/C31H33N7O2/c1-20(2)25-6-4-5-7-26(25)29-32-18-28-30(34-29)37(31(40)33-28)19-22-8-10-24(11-9-22)38-17-14-27(35-38)23-12-15-36(16-13-23)21(3)39/h4-11,14,17-18,20,23H,12-13,15-16,19H2,1-3H3,(H,33,40). The maximum Gasteiger partial charge on any atom is 0.328 e. The fourth-order valence-corrected chi connectivity index (χ4v) is 5.55. The van der Waals surface area contributed by atoms with Gasteiger partial charge in [-0.1, -0.05) is 50.2 Å². The van der Waals surface area contributed by atoms with Crippen molar-refractivity contribution in [3.63, 3.8) is 0 Å². The number of benzene rings is 2. The molecule has 3 aromatic heterocycles. The van der Waals surface area contributed by atoms with Crippen LogP contribution in [0.1, 0.15) is 62.3 Å². The third-order valence-corrected chi connectivity index (χ3v) is 7.84. The highest BCUT2D eigenvalue weighted by molar-refractivity contribution is 5.74. The Balaban J connectivity index is 1.22. The molecule has 40 heavy (non-hydrogen) atoms. The van der Waals surface area contributed by atoms with Crippen LogP contribution < -0.4 is 5.69 Å². The number of rotatable bonds is 6. The van der Waals surface area contributed by atoms with E-state index in [9.17, 15) is 9.59 Å². The minimum Gasteiger partial charge on any atom is -0.343 e. The number of amides is 1. The summed E-state index contributed by atoms with van der Waals surface area (Å²) in [6, 6.07) is 18.3. The molecule has 4 heterocycles. The smallest absolute Gasteiger partial charge is 0.328 e. The molecular formula is C31H33N7O2. The van der Waals surface area contributed by atoms with E-state index in [0.29, 0.717) is 35.4 Å². The largest absolute Gasteiger partial charge is 0.343 e. The number of fused-ring (bicyclic) bond motifs is 1. The highest BCUT2D eigenvalue weighted by Crippen LogP contribution is 2.28. The number of carbonyl (C=O) groups excluding carboxylic acids is 1. The van der Waals surface area contributed by atoms with Gasteiger partial charge in [-0.3, -0.25) is 9.36 Å².